The van der Waals surface area contributed by atoms with Crippen molar-refractivity contribution in [2.45, 2.75) is 45.3 Å². The van der Waals surface area contributed by atoms with Crippen molar-refractivity contribution in [3.8, 4) is 11.4 Å². The van der Waals surface area contributed by atoms with E-state index < -0.39 is 0 Å². The molecule has 0 spiro atoms. The van der Waals surface area contributed by atoms with E-state index in [-0.39, 0.29) is 5.91 Å². The number of carbonyl (C=O) groups is 1. The SMILES string of the molecule is CCn1c(SCC(=O)N2CCC[C@H](C)C2)nnc1-c1ccoc1C. The van der Waals surface area contributed by atoms with Crippen molar-refractivity contribution in [2.75, 3.05) is 18.8 Å². The van der Waals surface area contributed by atoms with Crippen LogP contribution in [0.3, 0.4) is 0 Å². The number of aryl methyl sites for hydroxylation is 1. The highest BCUT2D eigenvalue weighted by Gasteiger charge is 2.22. The molecular weight excluding hydrogens is 324 g/mol. The van der Waals surface area contributed by atoms with E-state index in [1.807, 2.05) is 22.5 Å². The normalized spacial score (nSPS) is 18.1. The third kappa shape index (κ3) is 3.50. The summed E-state index contributed by atoms with van der Waals surface area (Å²) in [4.78, 5) is 14.4. The van der Waals surface area contributed by atoms with E-state index in [9.17, 15) is 4.79 Å². The lowest BCUT2D eigenvalue weighted by Crippen LogP contribution is -2.40. The maximum atomic E-state index is 12.4. The van der Waals surface area contributed by atoms with Crippen LogP contribution in [-0.4, -0.2) is 44.4 Å². The molecule has 3 heterocycles. The van der Waals surface area contributed by atoms with E-state index in [2.05, 4.69) is 24.0 Å². The molecule has 6 nitrogen and oxygen atoms in total. The fraction of sp³-hybridized carbons (Fsp3) is 0.588. The zero-order valence-electron chi connectivity index (χ0n) is 14.5. The summed E-state index contributed by atoms with van der Waals surface area (Å²) in [6.07, 6.45) is 3.98. The summed E-state index contributed by atoms with van der Waals surface area (Å²) in [5.41, 5.74) is 0.951. The fourth-order valence-corrected chi connectivity index (χ4v) is 4.04. The first-order chi connectivity index (χ1) is 11.6. The van der Waals surface area contributed by atoms with Crippen LogP contribution in [0.2, 0.25) is 0 Å². The van der Waals surface area contributed by atoms with Crippen LogP contribution in [0.15, 0.2) is 21.9 Å². The Morgan fingerprint density at radius 2 is 2.29 bits per heavy atom. The molecule has 130 valence electrons. The number of nitrogens with zero attached hydrogens (tertiary/aromatic N) is 4. The first-order valence-electron chi connectivity index (χ1n) is 8.48. The molecule has 1 aliphatic heterocycles. The Bertz CT molecular complexity index is 709. The summed E-state index contributed by atoms with van der Waals surface area (Å²) in [5, 5.41) is 9.36. The second-order valence-electron chi connectivity index (χ2n) is 6.32. The molecule has 1 atom stereocenters. The first-order valence-corrected chi connectivity index (χ1v) is 9.47. The van der Waals surface area contributed by atoms with Gasteiger partial charge in [-0.1, -0.05) is 18.7 Å². The van der Waals surface area contributed by atoms with Crippen molar-refractivity contribution >= 4 is 17.7 Å². The van der Waals surface area contributed by atoms with Gasteiger partial charge < -0.3 is 13.9 Å². The minimum absolute atomic E-state index is 0.193. The Hall–Kier alpha value is -1.76. The molecule has 0 bridgehead atoms. The molecule has 24 heavy (non-hydrogen) atoms. The van der Waals surface area contributed by atoms with Crippen LogP contribution in [0.25, 0.3) is 11.4 Å². The quantitative estimate of drug-likeness (QED) is 0.776. The molecule has 1 aliphatic rings. The monoisotopic (exact) mass is 348 g/mol. The van der Waals surface area contributed by atoms with Gasteiger partial charge in [0.15, 0.2) is 11.0 Å². The largest absolute Gasteiger partial charge is 0.469 e. The molecule has 1 saturated heterocycles. The Morgan fingerprint density at radius 3 is 2.96 bits per heavy atom. The molecular formula is C17H24N4O2S. The number of aromatic nitrogens is 3. The van der Waals surface area contributed by atoms with Crippen LogP contribution in [0.1, 0.15) is 32.4 Å². The van der Waals surface area contributed by atoms with Crippen LogP contribution < -0.4 is 0 Å². The molecule has 0 aromatic carbocycles. The lowest BCUT2D eigenvalue weighted by Gasteiger charge is -2.30. The molecule has 0 unspecified atom stereocenters. The standard InChI is InChI=1S/C17H24N4O2S/c1-4-21-16(14-7-9-23-13(14)3)18-19-17(21)24-11-15(22)20-8-5-6-12(2)10-20/h7,9,12H,4-6,8,10-11H2,1-3H3/t12-/m0/s1. The van der Waals surface area contributed by atoms with Gasteiger partial charge in [0.25, 0.3) is 0 Å². The van der Waals surface area contributed by atoms with Crippen LogP contribution in [0, 0.1) is 12.8 Å². The van der Waals surface area contributed by atoms with E-state index in [4.69, 9.17) is 4.42 Å². The maximum Gasteiger partial charge on any atom is 0.233 e. The molecule has 0 N–H and O–H groups in total. The van der Waals surface area contributed by atoms with E-state index in [0.717, 1.165) is 48.4 Å². The average molecular weight is 348 g/mol. The Morgan fingerprint density at radius 1 is 1.46 bits per heavy atom. The number of carbonyl (C=O) groups excluding carboxylic acids is 1. The zero-order valence-corrected chi connectivity index (χ0v) is 15.3. The number of amides is 1. The molecule has 0 saturated carbocycles. The molecule has 1 amide bonds. The van der Waals surface area contributed by atoms with E-state index in [0.29, 0.717) is 11.7 Å². The third-order valence-electron chi connectivity index (χ3n) is 4.47. The number of hydrogen-bond donors (Lipinski definition) is 0. The van der Waals surface area contributed by atoms with Gasteiger partial charge in [-0.15, -0.1) is 10.2 Å². The Labute approximate surface area is 146 Å². The molecule has 3 rings (SSSR count). The first kappa shape index (κ1) is 17.1. The van der Waals surface area contributed by atoms with Crippen LogP contribution in [-0.2, 0) is 11.3 Å². The number of rotatable bonds is 5. The van der Waals surface area contributed by atoms with Crippen molar-refractivity contribution in [1.29, 1.82) is 0 Å². The summed E-state index contributed by atoms with van der Waals surface area (Å²) >= 11 is 1.47. The zero-order chi connectivity index (χ0) is 17.1. The van der Waals surface area contributed by atoms with E-state index >= 15 is 0 Å². The summed E-state index contributed by atoms with van der Waals surface area (Å²) in [5.74, 6) is 2.83. The minimum Gasteiger partial charge on any atom is -0.469 e. The molecule has 2 aromatic heterocycles. The molecule has 0 radical (unpaired) electrons. The molecule has 1 fully saturated rings. The predicted molar refractivity (Wildman–Crippen MR) is 93.8 cm³/mol. The highest BCUT2D eigenvalue weighted by atomic mass is 32.2. The fourth-order valence-electron chi connectivity index (χ4n) is 3.13. The van der Waals surface area contributed by atoms with Crippen molar-refractivity contribution in [1.82, 2.24) is 19.7 Å². The van der Waals surface area contributed by atoms with Gasteiger partial charge in [-0.05, 0) is 38.7 Å². The van der Waals surface area contributed by atoms with Crippen LogP contribution in [0.4, 0.5) is 0 Å². The lowest BCUT2D eigenvalue weighted by atomic mass is 10.0. The number of furan rings is 1. The third-order valence-corrected chi connectivity index (χ3v) is 5.42. The summed E-state index contributed by atoms with van der Waals surface area (Å²) < 4.78 is 7.40. The summed E-state index contributed by atoms with van der Waals surface area (Å²) in [7, 11) is 0. The maximum absolute atomic E-state index is 12.4. The lowest BCUT2D eigenvalue weighted by molar-refractivity contribution is -0.130. The van der Waals surface area contributed by atoms with Crippen LogP contribution in [0.5, 0.6) is 0 Å². The highest BCUT2D eigenvalue weighted by Crippen LogP contribution is 2.27. The average Bonchev–Trinajstić information content (AvgIpc) is 3.17. The molecule has 2 aromatic rings. The topological polar surface area (TPSA) is 64.2 Å². The number of hydrogen-bond acceptors (Lipinski definition) is 5. The van der Waals surface area contributed by atoms with E-state index in [1.165, 1.54) is 18.2 Å². The number of thioether (sulfide) groups is 1. The summed E-state index contributed by atoms with van der Waals surface area (Å²) in [6.45, 7) is 8.69. The van der Waals surface area contributed by atoms with Gasteiger partial charge in [-0.25, -0.2) is 0 Å². The van der Waals surface area contributed by atoms with Gasteiger partial charge in [-0.2, -0.15) is 0 Å². The Balaban J connectivity index is 1.68. The minimum atomic E-state index is 0.193. The molecule has 7 heteroatoms. The summed E-state index contributed by atoms with van der Waals surface area (Å²) in [6, 6.07) is 1.90. The second kappa shape index (κ2) is 7.42. The van der Waals surface area contributed by atoms with Gasteiger partial charge >= 0.3 is 0 Å². The second-order valence-corrected chi connectivity index (χ2v) is 7.26. The predicted octanol–water partition coefficient (Wildman–Crippen LogP) is 3.22. The van der Waals surface area contributed by atoms with Crippen molar-refractivity contribution in [3.05, 3.63) is 18.1 Å². The highest BCUT2D eigenvalue weighted by molar-refractivity contribution is 7.99. The van der Waals surface area contributed by atoms with Gasteiger partial charge in [0.1, 0.15) is 5.76 Å². The Kier molecular flexibility index (Phi) is 5.28. The van der Waals surface area contributed by atoms with Gasteiger partial charge in [0.2, 0.25) is 5.91 Å². The number of piperidine rings is 1. The van der Waals surface area contributed by atoms with Gasteiger partial charge in [-0.3, -0.25) is 4.79 Å². The van der Waals surface area contributed by atoms with Gasteiger partial charge in [0.05, 0.1) is 17.6 Å². The van der Waals surface area contributed by atoms with Crippen LogP contribution >= 0.6 is 11.8 Å². The van der Waals surface area contributed by atoms with E-state index in [1.54, 1.807) is 6.26 Å². The smallest absolute Gasteiger partial charge is 0.233 e. The van der Waals surface area contributed by atoms with Crippen molar-refractivity contribution in [2.24, 2.45) is 5.92 Å². The number of likely N-dealkylation sites (tertiary alicyclic amines) is 1. The molecule has 0 aliphatic carbocycles. The van der Waals surface area contributed by atoms with Crippen molar-refractivity contribution in [3.63, 3.8) is 0 Å². The van der Waals surface area contributed by atoms with Gasteiger partial charge in [0, 0.05) is 19.6 Å². The van der Waals surface area contributed by atoms with Crippen molar-refractivity contribution < 1.29 is 9.21 Å².